The van der Waals surface area contributed by atoms with Crippen LogP contribution in [0.15, 0.2) is 120 Å². The molecule has 4 aromatic carbocycles. The average Bonchev–Trinajstić information content (AvgIpc) is 1.59. The summed E-state index contributed by atoms with van der Waals surface area (Å²) in [6, 6.07) is 17.1. The number of carbonyl (C=O) groups excluding carboxylic acids is 5. The Labute approximate surface area is 617 Å². The van der Waals surface area contributed by atoms with Gasteiger partial charge in [-0.1, -0.05) is 61.7 Å². The van der Waals surface area contributed by atoms with E-state index in [1.807, 2.05) is 12.2 Å². The van der Waals surface area contributed by atoms with Crippen LogP contribution in [0.2, 0.25) is 0 Å². The van der Waals surface area contributed by atoms with Crippen LogP contribution in [0.1, 0.15) is 117 Å². The number of carboxylic acid groups (broad SMARTS) is 1. The van der Waals surface area contributed by atoms with Crippen LogP contribution in [-0.4, -0.2) is 227 Å². The van der Waals surface area contributed by atoms with Crippen molar-refractivity contribution in [2.75, 3.05) is 117 Å². The number of carbonyl (C=O) groups is 6. The largest absolute Gasteiger partial charge is 0.493 e. The number of anilines is 2. The fourth-order valence-electron chi connectivity index (χ4n) is 12.7. The molecule has 0 spiro atoms. The smallest absolute Gasteiger partial charge is 0.416 e. The Bertz CT molecular complexity index is 4100. The van der Waals surface area contributed by atoms with Crippen molar-refractivity contribution in [3.05, 3.63) is 133 Å². The Morgan fingerprint density at radius 1 is 0.651 bits per heavy atom. The van der Waals surface area contributed by atoms with E-state index in [0.717, 1.165) is 47.3 Å². The topological polar surface area (TPSA) is 350 Å². The molecular weight excluding hydrogens is 1420 g/mol. The molecule has 0 bridgehead atoms. The number of aliphatic hydroxyl groups is 1. The number of carboxylic acids is 1. The normalized spacial score (nSPS) is 20.3. The van der Waals surface area contributed by atoms with Gasteiger partial charge in [-0.05, 0) is 138 Å². The highest BCUT2D eigenvalue weighted by atomic mass is 32.2. The van der Waals surface area contributed by atoms with Gasteiger partial charge in [0.25, 0.3) is 11.8 Å². The zero-order valence-electron chi connectivity index (χ0n) is 60.6. The lowest BCUT2D eigenvalue weighted by atomic mass is 9.92. The lowest BCUT2D eigenvalue weighted by Crippen LogP contribution is -2.57. The molecule has 6 aliphatic heterocycles. The van der Waals surface area contributed by atoms with Crippen LogP contribution in [0, 0.1) is 0 Å². The van der Waals surface area contributed by atoms with Gasteiger partial charge in [0.05, 0.1) is 97.9 Å². The summed E-state index contributed by atoms with van der Waals surface area (Å²) in [6.45, 7) is 14.0. The van der Waals surface area contributed by atoms with E-state index >= 15 is 0 Å². The second kappa shape index (κ2) is 37.0. The molecule has 10 rings (SSSR count). The van der Waals surface area contributed by atoms with E-state index < -0.39 is 86.8 Å². The van der Waals surface area contributed by atoms with E-state index in [0.29, 0.717) is 31.6 Å². The van der Waals surface area contributed by atoms with Crippen molar-refractivity contribution in [3.63, 3.8) is 0 Å². The second-order valence-electron chi connectivity index (χ2n) is 26.2. The van der Waals surface area contributed by atoms with E-state index in [4.69, 9.17) is 61.9 Å². The molecule has 6 heterocycles. The molecule has 0 saturated carbocycles. The Kier molecular flexibility index (Phi) is 28.3. The van der Waals surface area contributed by atoms with E-state index in [1.165, 1.54) is 84.9 Å². The summed E-state index contributed by atoms with van der Waals surface area (Å²) in [7, 11) is -1.78. The highest BCUT2D eigenvalue weighted by molar-refractivity contribution is 7.89. The predicted octanol–water partition coefficient (Wildman–Crippen LogP) is 8.51. The summed E-state index contributed by atoms with van der Waals surface area (Å²) in [6.07, 6.45) is 5.98. The van der Waals surface area contributed by atoms with Gasteiger partial charge in [0, 0.05) is 45.5 Å². The number of sulfonamides is 2. The third-order valence-electron chi connectivity index (χ3n) is 18.0. The number of ether oxygens (including phenoxy) is 12. The second-order valence-corrected chi connectivity index (χ2v) is 30.0. The van der Waals surface area contributed by atoms with Gasteiger partial charge in [0.2, 0.25) is 20.0 Å². The number of aliphatic hydroxyl groups excluding tert-OH is 1. The van der Waals surface area contributed by atoms with Gasteiger partial charge in [-0.2, -0.15) is 4.31 Å². The summed E-state index contributed by atoms with van der Waals surface area (Å²) in [5, 5.41) is 20.5. The zero-order valence-corrected chi connectivity index (χ0v) is 62.2. The van der Waals surface area contributed by atoms with Crippen molar-refractivity contribution in [2.45, 2.75) is 137 Å². The average molecular weight is 1520 g/mol. The van der Waals surface area contributed by atoms with Crippen molar-refractivity contribution >= 4 is 78.5 Å². The Balaban J connectivity index is 0.000000257. The monoisotopic (exact) mass is 1510 g/mol. The van der Waals surface area contributed by atoms with Gasteiger partial charge in [-0.25, -0.2) is 40.9 Å². The Morgan fingerprint density at radius 3 is 1.64 bits per heavy atom. The molecule has 4 aromatic rings. The number of rotatable bonds is 29. The lowest BCUT2D eigenvalue weighted by molar-refractivity contribution is -0.196. The van der Waals surface area contributed by atoms with Crippen LogP contribution < -0.4 is 33.5 Å². The van der Waals surface area contributed by atoms with Crippen LogP contribution in [-0.2, 0) is 67.5 Å². The molecule has 6 aliphatic rings. The van der Waals surface area contributed by atoms with Crippen molar-refractivity contribution in [2.24, 2.45) is 0 Å². The third-order valence-corrected chi connectivity index (χ3v) is 21.3. The number of hydrogen-bond donors (Lipinski definition) is 3. The number of methoxy groups -OCH3 is 2. The minimum Gasteiger partial charge on any atom is -0.493 e. The molecule has 4 unspecified atom stereocenters. The van der Waals surface area contributed by atoms with Crippen LogP contribution in [0.4, 0.5) is 21.0 Å². The van der Waals surface area contributed by atoms with Crippen molar-refractivity contribution in [1.82, 2.24) is 18.8 Å². The minimum atomic E-state index is -3.83. The summed E-state index contributed by atoms with van der Waals surface area (Å²) in [5.41, 5.74) is 2.85. The first-order valence-corrected chi connectivity index (χ1v) is 37.8. The lowest BCUT2D eigenvalue weighted by Gasteiger charge is -2.42. The first kappa shape index (κ1) is 81.1. The summed E-state index contributed by atoms with van der Waals surface area (Å²) in [4.78, 5) is 84.8. The van der Waals surface area contributed by atoms with Gasteiger partial charge in [0.1, 0.15) is 38.3 Å². The summed E-state index contributed by atoms with van der Waals surface area (Å²) in [5.74, 6) is -1.41. The molecule has 2 saturated heterocycles. The molecule has 576 valence electrons. The standard InChI is InChI=1S/C44H59N3O13S.C30H35N3O11S/c1-7-21-58-43(50)47-34-29-37(55-26-25-54-24-19-39(48)60-44(2,3)4)36(53-6)28-33(34)41(49)46-20-18-31(27-35(46)42(47)59-40-13-9-11-23-57-40)30-14-16-32(17-15-30)61(51,52)45(5)38-12-8-10-22-56-38;1-4-12-44-30(38)33-23-18-26(43-15-14-42-13-10-27(34)35)25(41-3)17-22(23)28(36)32-11-9-20(16-24(32)29(33)37)19-5-7-21(8-6-19)45(39,40)31-2/h7,14-18,28-29,35,38,40,42H,1,8-13,19-27H2,2-6H3;4-9,17-18,24,29,31,37H,1,10-16H2,2-3H3,(H,34,35)/t35-,38?,40?,42?;24-,29?/m00/s1. The number of aliphatic carboxylic acids is 1. The number of nitrogens with one attached hydrogen (secondary N) is 1. The molecule has 30 nitrogen and oxygen atoms in total. The fraction of sp³-hybridized carbons (Fsp3) is 0.486. The molecule has 32 heteroatoms. The Hall–Kier alpha value is -8.96. The predicted molar refractivity (Wildman–Crippen MR) is 386 cm³/mol. The Morgan fingerprint density at radius 2 is 1.15 bits per heavy atom. The molecule has 2 fully saturated rings. The molecule has 6 atom stereocenters. The first-order chi connectivity index (χ1) is 50.7. The fourth-order valence-corrected chi connectivity index (χ4v) is 14.7. The van der Waals surface area contributed by atoms with E-state index in [1.54, 1.807) is 68.1 Å². The van der Waals surface area contributed by atoms with Crippen LogP contribution in [0.25, 0.3) is 11.1 Å². The van der Waals surface area contributed by atoms with Crippen molar-refractivity contribution in [1.29, 1.82) is 0 Å². The molecular formula is C74H94N6O24S2. The minimum absolute atomic E-state index is 0.00259. The van der Waals surface area contributed by atoms with E-state index in [9.17, 15) is 50.7 Å². The number of fused-ring (bicyclic) bond motifs is 4. The zero-order chi connectivity index (χ0) is 76.5. The number of esters is 1. The number of hydrogen-bond acceptors (Lipinski definition) is 23. The summed E-state index contributed by atoms with van der Waals surface area (Å²) >= 11 is 0. The third kappa shape index (κ3) is 20.0. The van der Waals surface area contributed by atoms with Crippen LogP contribution in [0.5, 0.6) is 23.0 Å². The quantitative estimate of drug-likeness (QED) is 0.0198. The maximum atomic E-state index is 14.7. The maximum Gasteiger partial charge on any atom is 0.416 e. The van der Waals surface area contributed by atoms with Crippen LogP contribution in [0.3, 0.4) is 0 Å². The van der Waals surface area contributed by atoms with E-state index in [2.05, 4.69) is 17.9 Å². The molecule has 0 radical (unpaired) electrons. The molecule has 4 amide bonds. The van der Waals surface area contributed by atoms with Crippen molar-refractivity contribution in [3.8, 4) is 23.0 Å². The number of nitrogens with zero attached hydrogens (tertiary/aromatic N) is 5. The number of amides is 4. The van der Waals surface area contributed by atoms with Gasteiger partial charge in [-0.3, -0.25) is 19.2 Å². The first-order valence-electron chi connectivity index (χ1n) is 34.9. The molecule has 106 heavy (non-hydrogen) atoms. The van der Waals surface area contributed by atoms with Gasteiger partial charge in [-0.15, -0.1) is 0 Å². The molecule has 0 aliphatic carbocycles. The number of benzene rings is 4. The van der Waals surface area contributed by atoms with Gasteiger partial charge >= 0.3 is 24.1 Å². The van der Waals surface area contributed by atoms with Crippen molar-refractivity contribution < 1.29 is 113 Å². The SMILES string of the molecule is C=CCOC(=O)N1c2cc(OCCOCCC(=O)O)c(OC)cc2C(=O)N2CC=C(c3ccc(S(=O)(=O)NC)cc3)C[C@H]2C1O.C=CCOC(=O)N1c2cc(OCCOCCC(=O)OC(C)(C)C)c(OC)cc2C(=O)N2CC=C(c3ccc(S(=O)(=O)N(C)C4CCCCO4)cc3)C[C@H]2C1OC1CCCCO1. The highest BCUT2D eigenvalue weighted by Gasteiger charge is 2.49. The molecule has 0 aromatic heterocycles. The highest BCUT2D eigenvalue weighted by Crippen LogP contribution is 2.45. The summed E-state index contributed by atoms with van der Waals surface area (Å²) < 4.78 is 124. The molecule has 3 N–H and O–H groups in total. The maximum absolute atomic E-state index is 14.7. The van der Waals surface area contributed by atoms with Crippen LogP contribution >= 0.6 is 0 Å². The van der Waals surface area contributed by atoms with Gasteiger partial charge < -0.3 is 76.9 Å². The van der Waals surface area contributed by atoms with E-state index in [-0.39, 0.29) is 159 Å². The van der Waals surface area contributed by atoms with Gasteiger partial charge in [0.15, 0.2) is 41.7 Å².